The van der Waals surface area contributed by atoms with Gasteiger partial charge in [-0.3, -0.25) is 9.78 Å². The SMILES string of the molecule is COCO[C@@]1(Cc2nccc3c2C[C@H](CCC2CC2)C3)C(=O)N(COC)[C@H]1CSC(C)C. The Morgan fingerprint density at radius 1 is 1.19 bits per heavy atom. The maximum Gasteiger partial charge on any atom is 0.259 e. The Morgan fingerprint density at radius 3 is 2.66 bits per heavy atom. The third-order valence-electron chi connectivity index (χ3n) is 7.18. The third kappa shape index (κ3) is 5.01. The van der Waals surface area contributed by atoms with Crippen LogP contribution in [0.2, 0.25) is 0 Å². The Morgan fingerprint density at radius 2 is 1.97 bits per heavy atom. The molecule has 4 rings (SSSR count). The molecule has 1 aromatic rings. The van der Waals surface area contributed by atoms with Crippen LogP contribution in [0.4, 0.5) is 0 Å². The van der Waals surface area contributed by atoms with E-state index >= 15 is 0 Å². The molecule has 2 fully saturated rings. The van der Waals surface area contributed by atoms with Gasteiger partial charge >= 0.3 is 0 Å². The van der Waals surface area contributed by atoms with E-state index in [1.165, 1.54) is 36.8 Å². The molecule has 0 aromatic carbocycles. The van der Waals surface area contributed by atoms with Crippen molar-refractivity contribution in [2.75, 3.05) is 33.5 Å². The lowest BCUT2D eigenvalue weighted by Gasteiger charge is -2.55. The number of carbonyl (C=O) groups is 1. The minimum absolute atomic E-state index is 0.0200. The van der Waals surface area contributed by atoms with E-state index in [1.54, 1.807) is 19.1 Å². The van der Waals surface area contributed by atoms with E-state index in [2.05, 4.69) is 19.9 Å². The lowest BCUT2D eigenvalue weighted by molar-refractivity contribution is -0.229. The van der Waals surface area contributed by atoms with Crippen molar-refractivity contribution in [1.82, 2.24) is 9.88 Å². The Bertz CT molecular complexity index is 800. The van der Waals surface area contributed by atoms with Crippen LogP contribution >= 0.6 is 11.8 Å². The molecule has 1 aliphatic heterocycles. The minimum Gasteiger partial charge on any atom is -0.364 e. The molecule has 1 amide bonds. The minimum atomic E-state index is -0.940. The lowest BCUT2D eigenvalue weighted by atomic mass is 9.78. The van der Waals surface area contributed by atoms with Gasteiger partial charge in [-0.25, -0.2) is 0 Å². The molecular weight excluding hydrogens is 424 g/mol. The second-order valence-corrected chi connectivity index (χ2v) is 11.5. The number of ether oxygens (including phenoxy) is 3. The predicted molar refractivity (Wildman–Crippen MR) is 127 cm³/mol. The zero-order valence-electron chi connectivity index (χ0n) is 20.0. The van der Waals surface area contributed by atoms with E-state index < -0.39 is 5.60 Å². The first-order valence-corrected chi connectivity index (χ1v) is 13.0. The molecule has 0 radical (unpaired) electrons. The molecule has 32 heavy (non-hydrogen) atoms. The number of hydrogen-bond donors (Lipinski definition) is 0. The second kappa shape index (κ2) is 10.4. The van der Waals surface area contributed by atoms with Gasteiger partial charge in [0, 0.05) is 38.3 Å². The average Bonchev–Trinajstić information content (AvgIpc) is 3.51. The highest BCUT2D eigenvalue weighted by molar-refractivity contribution is 7.99. The van der Waals surface area contributed by atoms with E-state index in [0.29, 0.717) is 17.6 Å². The summed E-state index contributed by atoms with van der Waals surface area (Å²) in [6.45, 7) is 4.73. The first-order chi connectivity index (χ1) is 15.5. The Hall–Kier alpha value is -1.15. The maximum absolute atomic E-state index is 13.4. The van der Waals surface area contributed by atoms with Gasteiger partial charge in [-0.2, -0.15) is 11.8 Å². The smallest absolute Gasteiger partial charge is 0.259 e. The molecule has 1 aromatic heterocycles. The second-order valence-electron chi connectivity index (χ2n) is 9.90. The summed E-state index contributed by atoms with van der Waals surface area (Å²) in [7, 11) is 3.23. The monoisotopic (exact) mass is 462 g/mol. The van der Waals surface area contributed by atoms with Gasteiger partial charge in [-0.15, -0.1) is 0 Å². The highest BCUT2D eigenvalue weighted by atomic mass is 32.2. The molecule has 178 valence electrons. The summed E-state index contributed by atoms with van der Waals surface area (Å²) in [5.74, 6) is 2.46. The molecule has 0 spiro atoms. The van der Waals surface area contributed by atoms with Crippen LogP contribution in [0.3, 0.4) is 0 Å². The number of amides is 1. The molecular formula is C25H38N2O4S. The molecule has 6 nitrogen and oxygen atoms in total. The van der Waals surface area contributed by atoms with Gasteiger partial charge in [-0.05, 0) is 53.5 Å². The van der Waals surface area contributed by atoms with Crippen molar-refractivity contribution < 1.29 is 19.0 Å². The number of hydrogen-bond acceptors (Lipinski definition) is 6. The molecule has 0 bridgehead atoms. The zero-order chi connectivity index (χ0) is 22.7. The Balaban J connectivity index is 1.55. The van der Waals surface area contributed by atoms with E-state index in [0.717, 1.165) is 30.2 Å². The molecule has 3 aliphatic rings. The van der Waals surface area contributed by atoms with Gasteiger partial charge in [0.25, 0.3) is 5.91 Å². The van der Waals surface area contributed by atoms with Gasteiger partial charge in [0.15, 0.2) is 5.60 Å². The summed E-state index contributed by atoms with van der Waals surface area (Å²) in [5, 5.41) is 0.474. The summed E-state index contributed by atoms with van der Waals surface area (Å²) in [6.07, 6.45) is 10.1. The highest BCUT2D eigenvalue weighted by Gasteiger charge is 2.62. The van der Waals surface area contributed by atoms with Gasteiger partial charge in [0.05, 0.1) is 6.04 Å². The quantitative estimate of drug-likeness (QED) is 0.328. The standard InChI is InChI=1S/C25H38N2O4S/c1-17(2)32-14-23-25(31-16-30-4,24(28)27(23)15-29-3)13-22-21-12-19(8-7-18-5-6-18)11-20(21)9-10-26-22/h9-10,17-19,23H,5-8,11-16H2,1-4H3/t19-,23+,25-/m1/s1. The van der Waals surface area contributed by atoms with Crippen molar-refractivity contribution in [2.24, 2.45) is 11.8 Å². The van der Waals surface area contributed by atoms with Crippen molar-refractivity contribution >= 4 is 17.7 Å². The van der Waals surface area contributed by atoms with Crippen LogP contribution in [0, 0.1) is 11.8 Å². The van der Waals surface area contributed by atoms with E-state index in [9.17, 15) is 4.79 Å². The third-order valence-corrected chi connectivity index (χ3v) is 8.36. The maximum atomic E-state index is 13.4. The van der Waals surface area contributed by atoms with Crippen LogP contribution < -0.4 is 0 Å². The van der Waals surface area contributed by atoms with Crippen LogP contribution in [0.25, 0.3) is 0 Å². The molecule has 1 saturated heterocycles. The summed E-state index contributed by atoms with van der Waals surface area (Å²) < 4.78 is 16.8. The number of thioether (sulfide) groups is 1. The first-order valence-electron chi connectivity index (χ1n) is 12.0. The normalized spacial score (nSPS) is 27.2. The number of rotatable bonds is 13. The summed E-state index contributed by atoms with van der Waals surface area (Å²) in [5.41, 5.74) is 2.84. The fraction of sp³-hybridized carbons (Fsp3) is 0.760. The predicted octanol–water partition coefficient (Wildman–Crippen LogP) is 3.84. The van der Waals surface area contributed by atoms with Gasteiger partial charge in [-0.1, -0.05) is 33.1 Å². The van der Waals surface area contributed by atoms with E-state index in [-0.39, 0.29) is 25.5 Å². The number of pyridine rings is 1. The van der Waals surface area contributed by atoms with Crippen molar-refractivity contribution in [1.29, 1.82) is 0 Å². The van der Waals surface area contributed by atoms with Gasteiger partial charge < -0.3 is 19.1 Å². The Labute approximate surface area is 196 Å². The van der Waals surface area contributed by atoms with Crippen molar-refractivity contribution in [3.63, 3.8) is 0 Å². The van der Waals surface area contributed by atoms with Gasteiger partial charge in [0.1, 0.15) is 13.5 Å². The number of methoxy groups -OCH3 is 2. The number of likely N-dealkylation sites (tertiary alicyclic amines) is 1. The fourth-order valence-electron chi connectivity index (χ4n) is 5.25. The summed E-state index contributed by atoms with van der Waals surface area (Å²) in [4.78, 5) is 20.0. The summed E-state index contributed by atoms with van der Waals surface area (Å²) in [6, 6.07) is 2.10. The van der Waals surface area contributed by atoms with Crippen LogP contribution in [0.15, 0.2) is 12.3 Å². The van der Waals surface area contributed by atoms with Gasteiger partial charge in [0.2, 0.25) is 0 Å². The van der Waals surface area contributed by atoms with Crippen LogP contribution in [0.1, 0.15) is 56.4 Å². The number of fused-ring (bicyclic) bond motifs is 1. The largest absolute Gasteiger partial charge is 0.364 e. The number of carbonyl (C=O) groups excluding carboxylic acids is 1. The molecule has 7 heteroatoms. The number of nitrogens with zero attached hydrogens (tertiary/aromatic N) is 2. The highest BCUT2D eigenvalue weighted by Crippen LogP contribution is 2.42. The van der Waals surface area contributed by atoms with E-state index in [4.69, 9.17) is 19.2 Å². The number of aromatic nitrogens is 1. The summed E-state index contributed by atoms with van der Waals surface area (Å²) >= 11 is 1.84. The van der Waals surface area contributed by atoms with Crippen LogP contribution in [-0.2, 0) is 38.3 Å². The molecule has 3 atom stereocenters. The Kier molecular flexibility index (Phi) is 7.81. The number of β-lactam (4-membered cyclic amide) rings is 1. The zero-order valence-corrected chi connectivity index (χ0v) is 20.8. The van der Waals surface area contributed by atoms with Crippen LogP contribution in [0.5, 0.6) is 0 Å². The molecule has 2 aliphatic carbocycles. The lowest BCUT2D eigenvalue weighted by Crippen LogP contribution is -2.77. The van der Waals surface area contributed by atoms with Crippen molar-refractivity contribution in [2.45, 2.75) is 75.7 Å². The van der Waals surface area contributed by atoms with Crippen LogP contribution in [-0.4, -0.2) is 66.2 Å². The molecule has 0 unspecified atom stereocenters. The van der Waals surface area contributed by atoms with Crippen molar-refractivity contribution in [3.05, 3.63) is 29.1 Å². The van der Waals surface area contributed by atoms with E-state index in [1.807, 2.05) is 18.0 Å². The fourth-order valence-corrected chi connectivity index (χ4v) is 6.27. The first kappa shape index (κ1) is 24.0. The van der Waals surface area contributed by atoms with Crippen molar-refractivity contribution in [3.8, 4) is 0 Å². The molecule has 1 saturated carbocycles. The molecule has 2 heterocycles. The topological polar surface area (TPSA) is 60.9 Å². The molecule has 0 N–H and O–H groups in total. The average molecular weight is 463 g/mol.